The lowest BCUT2D eigenvalue weighted by atomic mass is 10.1. The van der Waals surface area contributed by atoms with E-state index in [0.717, 1.165) is 5.56 Å². The highest BCUT2D eigenvalue weighted by atomic mass is 16.6. The number of hydrazone groups is 1. The summed E-state index contributed by atoms with van der Waals surface area (Å²) >= 11 is 0. The van der Waals surface area contributed by atoms with Crippen molar-refractivity contribution in [2.24, 2.45) is 5.10 Å². The lowest BCUT2D eigenvalue weighted by Crippen LogP contribution is -2.19. The number of carbonyl (C=O) groups excluding carboxylic acids is 1. The molecule has 0 unspecified atom stereocenters. The van der Waals surface area contributed by atoms with Crippen LogP contribution in [0.15, 0.2) is 53.6 Å². The normalized spacial score (nSPS) is 10.5. The minimum Gasteiger partial charge on any atom is -0.502 e. The number of nitro groups is 1. The molecule has 0 fully saturated rings. The number of benzene rings is 2. The Balaban J connectivity index is 1.93. The van der Waals surface area contributed by atoms with Gasteiger partial charge in [-0.2, -0.15) is 5.10 Å². The molecule has 7 nitrogen and oxygen atoms in total. The van der Waals surface area contributed by atoms with Crippen LogP contribution in [0.25, 0.3) is 0 Å². The predicted octanol–water partition coefficient (Wildman–Crippen LogP) is 1.99. The molecule has 112 valence electrons. The summed E-state index contributed by atoms with van der Waals surface area (Å²) in [5.74, 6) is -0.738. The van der Waals surface area contributed by atoms with E-state index >= 15 is 0 Å². The Morgan fingerprint density at radius 2 is 2.00 bits per heavy atom. The molecule has 2 N–H and O–H groups in total. The Morgan fingerprint density at radius 3 is 2.64 bits per heavy atom. The Morgan fingerprint density at radius 1 is 1.27 bits per heavy atom. The zero-order valence-electron chi connectivity index (χ0n) is 11.5. The maximum absolute atomic E-state index is 11.6. The molecule has 1 amide bonds. The summed E-state index contributed by atoms with van der Waals surface area (Å²) in [5, 5.41) is 23.8. The van der Waals surface area contributed by atoms with Gasteiger partial charge in [-0.05, 0) is 23.3 Å². The van der Waals surface area contributed by atoms with Gasteiger partial charge in [-0.1, -0.05) is 30.3 Å². The summed E-state index contributed by atoms with van der Waals surface area (Å²) < 4.78 is 0. The molecule has 7 heteroatoms. The number of carbonyl (C=O) groups is 1. The predicted molar refractivity (Wildman–Crippen MR) is 80.6 cm³/mol. The third kappa shape index (κ3) is 4.14. The van der Waals surface area contributed by atoms with Gasteiger partial charge in [0.1, 0.15) is 0 Å². The molecule has 0 saturated carbocycles. The number of phenolic OH excluding ortho intramolecular Hbond substituents is 1. The van der Waals surface area contributed by atoms with Crippen LogP contribution in [-0.4, -0.2) is 22.2 Å². The maximum Gasteiger partial charge on any atom is 0.310 e. The van der Waals surface area contributed by atoms with E-state index in [9.17, 15) is 20.0 Å². The van der Waals surface area contributed by atoms with Gasteiger partial charge in [0.25, 0.3) is 0 Å². The van der Waals surface area contributed by atoms with E-state index in [4.69, 9.17) is 0 Å². The first-order chi connectivity index (χ1) is 10.6. The van der Waals surface area contributed by atoms with Crippen LogP contribution in [0.5, 0.6) is 5.75 Å². The van der Waals surface area contributed by atoms with Gasteiger partial charge in [0.15, 0.2) is 5.75 Å². The summed E-state index contributed by atoms with van der Waals surface area (Å²) in [6, 6.07) is 13.0. The largest absolute Gasteiger partial charge is 0.502 e. The summed E-state index contributed by atoms with van der Waals surface area (Å²) in [6.07, 6.45) is 1.50. The van der Waals surface area contributed by atoms with E-state index in [2.05, 4.69) is 10.5 Å². The SMILES string of the molecule is O=C(Cc1ccccc1)NN=Cc1ccc([N+](=O)[O-])c(O)c1. The fraction of sp³-hybridized carbons (Fsp3) is 0.0667. The molecule has 0 spiro atoms. The molecule has 0 aliphatic carbocycles. The van der Waals surface area contributed by atoms with E-state index in [1.807, 2.05) is 30.3 Å². The number of nitrogens with zero attached hydrogens (tertiary/aromatic N) is 2. The summed E-state index contributed by atoms with van der Waals surface area (Å²) in [5.41, 5.74) is 3.26. The van der Waals surface area contributed by atoms with Crippen LogP contribution < -0.4 is 5.43 Å². The first-order valence-electron chi connectivity index (χ1n) is 6.39. The monoisotopic (exact) mass is 299 g/mol. The molecular formula is C15H13N3O4. The standard InChI is InChI=1S/C15H13N3O4/c19-14-8-12(6-7-13(14)18(21)22)10-16-17-15(20)9-11-4-2-1-3-5-11/h1-8,10,19H,9H2,(H,17,20). The molecule has 0 radical (unpaired) electrons. The van der Waals surface area contributed by atoms with Crippen molar-refractivity contribution in [2.75, 3.05) is 0 Å². The quantitative estimate of drug-likeness (QED) is 0.500. The molecule has 0 aliphatic heterocycles. The lowest BCUT2D eigenvalue weighted by Gasteiger charge is -2.00. The van der Waals surface area contributed by atoms with Gasteiger partial charge < -0.3 is 5.11 Å². The van der Waals surface area contributed by atoms with Gasteiger partial charge in [0.05, 0.1) is 17.6 Å². The van der Waals surface area contributed by atoms with Crippen molar-refractivity contribution in [3.05, 3.63) is 69.8 Å². The van der Waals surface area contributed by atoms with E-state index in [1.165, 1.54) is 24.4 Å². The first-order valence-corrected chi connectivity index (χ1v) is 6.39. The number of amides is 1. The Bertz CT molecular complexity index is 714. The zero-order valence-corrected chi connectivity index (χ0v) is 11.5. The van der Waals surface area contributed by atoms with Crippen molar-refractivity contribution < 1.29 is 14.8 Å². The average molecular weight is 299 g/mol. The Kier molecular flexibility index (Phi) is 4.81. The summed E-state index contributed by atoms with van der Waals surface area (Å²) in [7, 11) is 0. The smallest absolute Gasteiger partial charge is 0.310 e. The molecule has 0 aliphatic rings. The highest BCUT2D eigenvalue weighted by molar-refractivity contribution is 5.84. The van der Waals surface area contributed by atoms with Crippen molar-refractivity contribution in [2.45, 2.75) is 6.42 Å². The van der Waals surface area contributed by atoms with Crippen molar-refractivity contribution in [3.63, 3.8) is 0 Å². The first kappa shape index (κ1) is 15.2. The highest BCUT2D eigenvalue weighted by Gasteiger charge is 2.12. The van der Waals surface area contributed by atoms with Crippen molar-refractivity contribution in [3.8, 4) is 5.75 Å². The molecule has 22 heavy (non-hydrogen) atoms. The third-order valence-corrected chi connectivity index (χ3v) is 2.81. The molecule has 0 aromatic heterocycles. The van der Waals surface area contributed by atoms with E-state index in [0.29, 0.717) is 5.56 Å². The van der Waals surface area contributed by atoms with Crippen molar-refractivity contribution in [1.82, 2.24) is 5.43 Å². The highest BCUT2D eigenvalue weighted by Crippen LogP contribution is 2.25. The number of nitrogens with one attached hydrogen (secondary N) is 1. The van der Waals surface area contributed by atoms with Crippen LogP contribution in [0, 0.1) is 10.1 Å². The molecule has 2 aromatic rings. The van der Waals surface area contributed by atoms with E-state index < -0.39 is 10.7 Å². The van der Waals surface area contributed by atoms with Crippen LogP contribution in [0.4, 0.5) is 5.69 Å². The molecule has 0 saturated heterocycles. The molecule has 0 heterocycles. The third-order valence-electron chi connectivity index (χ3n) is 2.81. The molecule has 2 aromatic carbocycles. The lowest BCUT2D eigenvalue weighted by molar-refractivity contribution is -0.385. The van der Waals surface area contributed by atoms with Gasteiger partial charge in [0.2, 0.25) is 5.91 Å². The topological polar surface area (TPSA) is 105 Å². The van der Waals surface area contributed by atoms with Crippen LogP contribution >= 0.6 is 0 Å². The second-order valence-corrected chi connectivity index (χ2v) is 4.46. The Labute approximate surface area is 126 Å². The van der Waals surface area contributed by atoms with Crippen molar-refractivity contribution >= 4 is 17.8 Å². The van der Waals surface area contributed by atoms with Crippen LogP contribution in [-0.2, 0) is 11.2 Å². The molecular weight excluding hydrogens is 286 g/mol. The van der Waals surface area contributed by atoms with Crippen LogP contribution in [0.3, 0.4) is 0 Å². The zero-order chi connectivity index (χ0) is 15.9. The number of nitro benzene ring substituents is 1. The number of rotatable bonds is 5. The molecule has 2 rings (SSSR count). The average Bonchev–Trinajstić information content (AvgIpc) is 2.48. The van der Waals surface area contributed by atoms with Gasteiger partial charge in [0, 0.05) is 6.07 Å². The fourth-order valence-electron chi connectivity index (χ4n) is 1.77. The number of aromatic hydroxyl groups is 1. The number of hydrogen-bond acceptors (Lipinski definition) is 5. The molecule has 0 bridgehead atoms. The van der Waals surface area contributed by atoms with E-state index in [1.54, 1.807) is 0 Å². The second-order valence-electron chi connectivity index (χ2n) is 4.46. The summed E-state index contributed by atoms with van der Waals surface area (Å²) in [4.78, 5) is 21.5. The summed E-state index contributed by atoms with van der Waals surface area (Å²) in [6.45, 7) is 0. The van der Waals surface area contributed by atoms with Crippen LogP contribution in [0.2, 0.25) is 0 Å². The van der Waals surface area contributed by atoms with E-state index in [-0.39, 0.29) is 18.0 Å². The molecule has 0 atom stereocenters. The minimum absolute atomic E-state index is 0.198. The van der Waals surface area contributed by atoms with Gasteiger partial charge in [-0.3, -0.25) is 14.9 Å². The second kappa shape index (κ2) is 6.98. The minimum atomic E-state index is -0.683. The Hall–Kier alpha value is -3.22. The van der Waals surface area contributed by atoms with Gasteiger partial charge in [-0.15, -0.1) is 0 Å². The fourth-order valence-corrected chi connectivity index (χ4v) is 1.77. The van der Waals surface area contributed by atoms with Crippen molar-refractivity contribution in [1.29, 1.82) is 0 Å². The van der Waals surface area contributed by atoms with Gasteiger partial charge >= 0.3 is 5.69 Å². The number of phenols is 1. The maximum atomic E-state index is 11.6. The number of hydrogen-bond donors (Lipinski definition) is 2. The van der Waals surface area contributed by atoms with Gasteiger partial charge in [-0.25, -0.2) is 5.43 Å². The van der Waals surface area contributed by atoms with Crippen LogP contribution in [0.1, 0.15) is 11.1 Å².